The van der Waals surface area contributed by atoms with Crippen molar-refractivity contribution in [2.24, 2.45) is 0 Å². The Morgan fingerprint density at radius 1 is 1.21 bits per heavy atom. The molecule has 2 heterocycles. The molecule has 1 amide bonds. The van der Waals surface area contributed by atoms with E-state index in [9.17, 15) is 13.2 Å². The number of aryl methyl sites for hydroxylation is 1. The number of rotatable bonds is 9. The molecule has 1 N–H and O–H groups in total. The fraction of sp³-hybridized carbons (Fsp3) is 0.476. The SMILES string of the molecule is CCN(CCNC(=O)Cc1ccc(S(=O)(=O)N2CCCC2)s1)c1cccc(C)c1. The summed E-state index contributed by atoms with van der Waals surface area (Å²) >= 11 is 1.20. The minimum absolute atomic E-state index is 0.0859. The zero-order valence-electron chi connectivity index (χ0n) is 17.1. The molecule has 1 aromatic heterocycles. The maximum atomic E-state index is 12.6. The van der Waals surface area contributed by atoms with Crippen molar-refractivity contribution in [1.82, 2.24) is 9.62 Å². The van der Waals surface area contributed by atoms with Crippen LogP contribution in [0, 0.1) is 6.92 Å². The van der Waals surface area contributed by atoms with Crippen LogP contribution in [0.5, 0.6) is 0 Å². The molecule has 0 radical (unpaired) electrons. The number of thiophene rings is 1. The molecule has 0 atom stereocenters. The third-order valence-electron chi connectivity index (χ3n) is 5.08. The molecule has 0 unspecified atom stereocenters. The molecule has 0 saturated carbocycles. The van der Waals surface area contributed by atoms with Crippen molar-refractivity contribution in [3.8, 4) is 0 Å². The average Bonchev–Trinajstić information content (AvgIpc) is 3.38. The van der Waals surface area contributed by atoms with Crippen molar-refractivity contribution in [1.29, 1.82) is 0 Å². The Kier molecular flexibility index (Phi) is 7.32. The molecular weight excluding hydrogens is 406 g/mol. The van der Waals surface area contributed by atoms with Crippen molar-refractivity contribution in [3.05, 3.63) is 46.8 Å². The molecule has 1 aliphatic rings. The van der Waals surface area contributed by atoms with Gasteiger partial charge in [0, 0.05) is 43.3 Å². The van der Waals surface area contributed by atoms with Crippen LogP contribution in [0.2, 0.25) is 0 Å². The molecule has 1 saturated heterocycles. The number of anilines is 1. The zero-order valence-corrected chi connectivity index (χ0v) is 18.7. The first-order valence-electron chi connectivity index (χ1n) is 10.1. The lowest BCUT2D eigenvalue weighted by Crippen LogP contribution is -2.35. The van der Waals surface area contributed by atoms with Crippen LogP contribution >= 0.6 is 11.3 Å². The highest BCUT2D eigenvalue weighted by atomic mass is 32.2. The second kappa shape index (κ2) is 9.73. The summed E-state index contributed by atoms with van der Waals surface area (Å²) in [6.45, 7) is 7.48. The maximum absolute atomic E-state index is 12.6. The van der Waals surface area contributed by atoms with Crippen molar-refractivity contribution in [2.45, 2.75) is 37.3 Å². The molecule has 8 heteroatoms. The fourth-order valence-electron chi connectivity index (χ4n) is 3.49. The van der Waals surface area contributed by atoms with Crippen LogP contribution in [0.3, 0.4) is 0 Å². The lowest BCUT2D eigenvalue weighted by Gasteiger charge is -2.23. The van der Waals surface area contributed by atoms with Gasteiger partial charge >= 0.3 is 0 Å². The van der Waals surface area contributed by atoms with E-state index in [0.717, 1.165) is 36.5 Å². The number of nitrogens with one attached hydrogen (secondary N) is 1. The standard InChI is InChI=1S/C21H29N3O3S2/c1-3-23(18-8-6-7-17(2)15-18)14-11-22-20(25)16-19-9-10-21(28-19)29(26,27)24-12-4-5-13-24/h6-10,15H,3-5,11-14,16H2,1-2H3,(H,22,25). The molecular formula is C21H29N3O3S2. The Morgan fingerprint density at radius 2 is 1.97 bits per heavy atom. The molecule has 158 valence electrons. The molecule has 0 spiro atoms. The molecule has 6 nitrogen and oxygen atoms in total. The number of hydrogen-bond acceptors (Lipinski definition) is 5. The van der Waals surface area contributed by atoms with E-state index in [2.05, 4.69) is 42.3 Å². The molecule has 1 aromatic carbocycles. The van der Waals surface area contributed by atoms with Gasteiger partial charge in [-0.15, -0.1) is 11.3 Å². The van der Waals surface area contributed by atoms with Gasteiger partial charge in [-0.05, 0) is 56.5 Å². The predicted molar refractivity (Wildman–Crippen MR) is 118 cm³/mol. The van der Waals surface area contributed by atoms with Crippen LogP contribution in [0.15, 0.2) is 40.6 Å². The van der Waals surface area contributed by atoms with E-state index in [1.54, 1.807) is 12.1 Å². The van der Waals surface area contributed by atoms with Gasteiger partial charge < -0.3 is 10.2 Å². The highest BCUT2D eigenvalue weighted by Gasteiger charge is 2.28. The average molecular weight is 436 g/mol. The van der Waals surface area contributed by atoms with Crippen LogP contribution in [0.1, 0.15) is 30.2 Å². The molecule has 0 bridgehead atoms. The Balaban J connectivity index is 1.50. The van der Waals surface area contributed by atoms with Gasteiger partial charge in [0.25, 0.3) is 10.0 Å². The van der Waals surface area contributed by atoms with E-state index in [1.807, 2.05) is 6.07 Å². The predicted octanol–water partition coefficient (Wildman–Crippen LogP) is 3.03. The number of sulfonamides is 1. The van der Waals surface area contributed by atoms with Crippen LogP contribution < -0.4 is 10.2 Å². The van der Waals surface area contributed by atoms with E-state index >= 15 is 0 Å². The summed E-state index contributed by atoms with van der Waals surface area (Å²) in [7, 11) is -3.41. The molecule has 1 aliphatic heterocycles. The third kappa shape index (κ3) is 5.58. The van der Waals surface area contributed by atoms with E-state index in [4.69, 9.17) is 0 Å². The number of hydrogen-bond donors (Lipinski definition) is 1. The highest BCUT2D eigenvalue weighted by Crippen LogP contribution is 2.27. The second-order valence-corrected chi connectivity index (χ2v) is 10.6. The summed E-state index contributed by atoms with van der Waals surface area (Å²) in [4.78, 5) is 15.3. The van der Waals surface area contributed by atoms with E-state index < -0.39 is 10.0 Å². The first-order chi connectivity index (χ1) is 13.9. The lowest BCUT2D eigenvalue weighted by molar-refractivity contribution is -0.120. The van der Waals surface area contributed by atoms with Gasteiger partial charge in [0.05, 0.1) is 6.42 Å². The Labute approximate surface area is 177 Å². The van der Waals surface area contributed by atoms with Crippen molar-refractivity contribution >= 4 is 33.0 Å². The summed E-state index contributed by atoms with van der Waals surface area (Å²) < 4.78 is 27.1. The number of carbonyl (C=O) groups excluding carboxylic acids is 1. The van der Waals surface area contributed by atoms with Gasteiger partial charge in [-0.3, -0.25) is 4.79 Å². The van der Waals surface area contributed by atoms with Crippen LogP contribution in [-0.4, -0.2) is 51.4 Å². The van der Waals surface area contributed by atoms with Crippen LogP contribution in [0.4, 0.5) is 5.69 Å². The zero-order chi connectivity index (χ0) is 20.9. The minimum Gasteiger partial charge on any atom is -0.370 e. The van der Waals surface area contributed by atoms with Gasteiger partial charge in [-0.2, -0.15) is 4.31 Å². The van der Waals surface area contributed by atoms with E-state index in [-0.39, 0.29) is 12.3 Å². The van der Waals surface area contributed by atoms with Gasteiger partial charge in [0.2, 0.25) is 5.91 Å². The van der Waals surface area contributed by atoms with Crippen molar-refractivity contribution in [3.63, 3.8) is 0 Å². The fourth-order valence-corrected chi connectivity index (χ4v) is 6.52. The Bertz CT molecular complexity index is 934. The van der Waals surface area contributed by atoms with Gasteiger partial charge in [0.1, 0.15) is 4.21 Å². The molecule has 1 fully saturated rings. The monoisotopic (exact) mass is 435 g/mol. The number of nitrogens with zero attached hydrogens (tertiary/aromatic N) is 2. The summed E-state index contributed by atoms with van der Waals surface area (Å²) in [5, 5.41) is 2.95. The molecule has 0 aliphatic carbocycles. The quantitative estimate of drug-likeness (QED) is 0.657. The van der Waals surface area contributed by atoms with Gasteiger partial charge in [0.15, 0.2) is 0 Å². The molecule has 29 heavy (non-hydrogen) atoms. The Morgan fingerprint density at radius 3 is 2.66 bits per heavy atom. The first-order valence-corrected chi connectivity index (χ1v) is 12.3. The van der Waals surface area contributed by atoms with Crippen molar-refractivity contribution < 1.29 is 13.2 Å². The molecule has 3 rings (SSSR count). The normalized spacial score (nSPS) is 14.8. The van der Waals surface area contributed by atoms with Crippen LogP contribution in [0.25, 0.3) is 0 Å². The number of carbonyl (C=O) groups is 1. The number of likely N-dealkylation sites (N-methyl/N-ethyl adjacent to an activating group) is 1. The molecule has 2 aromatic rings. The van der Waals surface area contributed by atoms with Gasteiger partial charge in [-0.25, -0.2) is 8.42 Å². The minimum atomic E-state index is -3.41. The van der Waals surface area contributed by atoms with Crippen molar-refractivity contribution in [2.75, 3.05) is 37.6 Å². The Hall–Kier alpha value is -1.90. The second-order valence-electron chi connectivity index (χ2n) is 7.28. The summed E-state index contributed by atoms with van der Waals surface area (Å²) in [5.41, 5.74) is 2.36. The van der Waals surface area contributed by atoms with Gasteiger partial charge in [-0.1, -0.05) is 12.1 Å². The largest absolute Gasteiger partial charge is 0.370 e. The summed E-state index contributed by atoms with van der Waals surface area (Å²) in [5.74, 6) is -0.0859. The summed E-state index contributed by atoms with van der Waals surface area (Å²) in [6, 6.07) is 11.7. The highest BCUT2D eigenvalue weighted by molar-refractivity contribution is 7.91. The maximum Gasteiger partial charge on any atom is 0.252 e. The lowest BCUT2D eigenvalue weighted by atomic mass is 10.2. The summed E-state index contributed by atoms with van der Waals surface area (Å²) in [6.07, 6.45) is 2.03. The topological polar surface area (TPSA) is 69.7 Å². The first kappa shape index (κ1) is 21.8. The number of benzene rings is 1. The van der Waals surface area contributed by atoms with E-state index in [0.29, 0.717) is 23.8 Å². The third-order valence-corrected chi connectivity index (χ3v) is 8.53. The number of amides is 1. The van der Waals surface area contributed by atoms with Crippen LogP contribution in [-0.2, 0) is 21.2 Å². The smallest absolute Gasteiger partial charge is 0.252 e. The van der Waals surface area contributed by atoms with E-state index in [1.165, 1.54) is 21.2 Å².